The van der Waals surface area contributed by atoms with Gasteiger partial charge in [-0.3, -0.25) is 9.59 Å². The van der Waals surface area contributed by atoms with Crippen molar-refractivity contribution in [1.29, 1.82) is 0 Å². The van der Waals surface area contributed by atoms with Crippen LogP contribution < -0.4 is 0 Å². The maximum atomic E-state index is 14.8. The predicted molar refractivity (Wildman–Crippen MR) is 211 cm³/mol. The van der Waals surface area contributed by atoms with Crippen molar-refractivity contribution >= 4 is 36.7 Å². The normalized spacial score (nSPS) is 28.1. The van der Waals surface area contributed by atoms with Crippen LogP contribution >= 0.6 is 0 Å². The average Bonchev–Trinajstić information content (AvgIpc) is 2.88. The Bertz CT molecular complexity index is 1090. The minimum Gasteiger partial charge on any atom is -0.459 e. The van der Waals surface area contributed by atoms with E-state index in [1.54, 1.807) is 0 Å². The second kappa shape index (κ2) is 16.4. The Labute approximate surface area is 300 Å². The van der Waals surface area contributed by atoms with Crippen LogP contribution in [0.4, 0.5) is 0 Å². The lowest BCUT2D eigenvalue weighted by atomic mass is 9.73. The zero-order valence-electron chi connectivity index (χ0n) is 35.1. The van der Waals surface area contributed by atoms with E-state index in [0.717, 1.165) is 19.3 Å². The summed E-state index contributed by atoms with van der Waals surface area (Å²) in [5.41, 5.74) is -0.946. The minimum atomic E-state index is -2.39. The van der Waals surface area contributed by atoms with Crippen molar-refractivity contribution in [3.63, 3.8) is 0 Å². The highest BCUT2D eigenvalue weighted by molar-refractivity contribution is 6.75. The molecule has 1 aliphatic rings. The van der Waals surface area contributed by atoms with E-state index < -0.39 is 42.6 Å². The van der Waals surface area contributed by atoms with Crippen molar-refractivity contribution in [3.05, 3.63) is 12.2 Å². The molecule has 0 amide bonds. The number of hydrogen-bond acceptors (Lipinski definition) is 6. The van der Waals surface area contributed by atoms with Crippen LogP contribution in [0.5, 0.6) is 0 Å². The Morgan fingerprint density at radius 2 is 1.27 bits per heavy atom. The highest BCUT2D eigenvalue weighted by Crippen LogP contribution is 2.44. The van der Waals surface area contributed by atoms with Crippen molar-refractivity contribution in [2.45, 2.75) is 208 Å². The monoisotopic (exact) mass is 727 g/mol. The van der Waals surface area contributed by atoms with E-state index in [1.807, 2.05) is 27.7 Å². The molecule has 0 aromatic rings. The largest absolute Gasteiger partial charge is 0.459 e. The van der Waals surface area contributed by atoms with Crippen LogP contribution in [-0.4, -0.2) is 61.1 Å². The second-order valence-corrected chi connectivity index (χ2v) is 34.3. The molecule has 0 N–H and O–H groups in total. The number of hydrogen-bond donors (Lipinski definition) is 0. The quantitative estimate of drug-likeness (QED) is 0.148. The highest BCUT2D eigenvalue weighted by atomic mass is 28.4. The number of ketones is 1. The van der Waals surface area contributed by atoms with E-state index in [9.17, 15) is 9.59 Å². The first kappa shape index (κ1) is 45.4. The van der Waals surface area contributed by atoms with E-state index in [2.05, 4.69) is 121 Å². The van der Waals surface area contributed by atoms with E-state index in [4.69, 9.17) is 18.0 Å². The molecule has 0 saturated heterocycles. The van der Waals surface area contributed by atoms with Gasteiger partial charge in [-0.2, -0.15) is 0 Å². The van der Waals surface area contributed by atoms with Crippen molar-refractivity contribution in [2.24, 2.45) is 17.3 Å². The number of carbonyl (C=O) groups excluding carboxylic acids is 2. The maximum absolute atomic E-state index is 14.8. The zero-order valence-corrected chi connectivity index (χ0v) is 38.1. The Morgan fingerprint density at radius 3 is 1.75 bits per heavy atom. The summed E-state index contributed by atoms with van der Waals surface area (Å²) in [5.74, 6) is -0.413. The number of carbonyl (C=O) groups is 2. The van der Waals surface area contributed by atoms with Crippen LogP contribution in [-0.2, 0) is 27.6 Å². The molecule has 1 rings (SSSR count). The van der Waals surface area contributed by atoms with Crippen molar-refractivity contribution in [1.82, 2.24) is 0 Å². The lowest BCUT2D eigenvalue weighted by Gasteiger charge is -2.46. The number of ether oxygens (including phenoxy) is 1. The summed E-state index contributed by atoms with van der Waals surface area (Å²) in [7, 11) is -6.68. The molecule has 0 spiro atoms. The van der Waals surface area contributed by atoms with Crippen LogP contribution in [0.3, 0.4) is 0 Å². The van der Waals surface area contributed by atoms with Crippen molar-refractivity contribution in [2.75, 3.05) is 0 Å². The summed E-state index contributed by atoms with van der Waals surface area (Å²) in [6, 6.07) is 0. The van der Waals surface area contributed by atoms with Crippen molar-refractivity contribution in [3.8, 4) is 0 Å². The number of Topliss-reactive ketones (excluding diaryl/α,β-unsaturated/α-hetero) is 1. The molecule has 1 aliphatic heterocycles. The Hall–Kier alpha value is -0.589. The molecule has 0 aliphatic carbocycles. The third-order valence-electron chi connectivity index (χ3n) is 12.4. The van der Waals surface area contributed by atoms with Gasteiger partial charge in [-0.1, -0.05) is 102 Å². The fraction of sp³-hybridized carbons (Fsp3) is 0.897. The summed E-state index contributed by atoms with van der Waals surface area (Å²) < 4.78 is 27.2. The SMILES string of the molecule is CC(O[Si](C)(C)C(C)(C)C)[C@@H]1C/C=C\CCC[C@@H](C)[C@H](O[Si](C)(C)C(C)(C)C)[C@H](C)C(=O)C(C)(C)[C@H](O[Si](C)(C)C(C)(C)C)CC(=O)O1. The summed E-state index contributed by atoms with van der Waals surface area (Å²) in [6.07, 6.45) is 6.31. The molecule has 48 heavy (non-hydrogen) atoms. The summed E-state index contributed by atoms with van der Waals surface area (Å²) >= 11 is 0. The molecule has 9 heteroatoms. The molecular weight excluding hydrogens is 649 g/mol. The molecule has 6 nitrogen and oxygen atoms in total. The Balaban J connectivity index is 3.72. The Morgan fingerprint density at radius 1 is 0.792 bits per heavy atom. The third-order valence-corrected chi connectivity index (χ3v) is 25.9. The van der Waals surface area contributed by atoms with Gasteiger partial charge < -0.3 is 18.0 Å². The lowest BCUT2D eigenvalue weighted by molar-refractivity contribution is -0.158. The van der Waals surface area contributed by atoms with Gasteiger partial charge in [-0.25, -0.2) is 0 Å². The van der Waals surface area contributed by atoms with Gasteiger partial charge >= 0.3 is 5.97 Å². The van der Waals surface area contributed by atoms with E-state index in [0.29, 0.717) is 6.42 Å². The fourth-order valence-corrected chi connectivity index (χ4v) is 9.94. The van der Waals surface area contributed by atoms with Crippen LogP contribution in [0.25, 0.3) is 0 Å². The van der Waals surface area contributed by atoms with Gasteiger partial charge in [0.2, 0.25) is 0 Å². The van der Waals surface area contributed by atoms with Gasteiger partial charge in [0.1, 0.15) is 11.9 Å². The lowest BCUT2D eigenvalue weighted by Crippen LogP contribution is -2.54. The molecule has 282 valence electrons. The van der Waals surface area contributed by atoms with Gasteiger partial charge in [0.25, 0.3) is 0 Å². The highest BCUT2D eigenvalue weighted by Gasteiger charge is 2.50. The minimum absolute atomic E-state index is 0.00824. The molecule has 0 radical (unpaired) electrons. The average molecular weight is 727 g/mol. The molecule has 1 heterocycles. The van der Waals surface area contributed by atoms with Crippen molar-refractivity contribution < 1.29 is 27.6 Å². The van der Waals surface area contributed by atoms with Gasteiger partial charge in [-0.05, 0) is 86.5 Å². The number of allylic oxidation sites excluding steroid dienone is 1. The molecule has 0 aromatic carbocycles. The maximum Gasteiger partial charge on any atom is 0.308 e. The van der Waals surface area contributed by atoms with E-state index in [1.165, 1.54) is 0 Å². The zero-order chi connectivity index (χ0) is 37.9. The molecule has 0 saturated carbocycles. The molecule has 6 atom stereocenters. The standard InChI is InChI=1S/C39H78O6Si3/c1-28-25-23-21-22-24-26-31(30(3)43-46(15,16)36(4,5)6)42-33(40)27-32(44-47(17,18)37(7,8)9)39(13,14)35(41)29(2)34(28)45-48(19,20)38(10,11)12/h22,24,28-32,34H,21,23,25-27H2,1-20H3/b24-22-/t28-,29+,30?,31+,32-,34+/m1/s1. The van der Waals surface area contributed by atoms with Crippen LogP contribution in [0.1, 0.15) is 129 Å². The third kappa shape index (κ3) is 12.0. The molecular formula is C39H78O6Si3. The van der Waals surface area contributed by atoms with Gasteiger partial charge in [0.05, 0.1) is 24.7 Å². The second-order valence-electron chi connectivity index (χ2n) is 20.0. The summed E-state index contributed by atoms with van der Waals surface area (Å²) in [5, 5.41) is -0.0492. The number of esters is 1. The first-order chi connectivity index (χ1) is 21.3. The van der Waals surface area contributed by atoms with Gasteiger partial charge in [0.15, 0.2) is 25.0 Å². The Kier molecular flexibility index (Phi) is 15.5. The van der Waals surface area contributed by atoms with E-state index >= 15 is 0 Å². The number of cyclic esters (lactones) is 1. The summed E-state index contributed by atoms with van der Waals surface area (Å²) in [4.78, 5) is 28.8. The van der Waals surface area contributed by atoms with Crippen LogP contribution in [0.2, 0.25) is 54.4 Å². The molecule has 0 fully saturated rings. The van der Waals surface area contributed by atoms with Gasteiger partial charge in [-0.15, -0.1) is 0 Å². The molecule has 0 bridgehead atoms. The van der Waals surface area contributed by atoms with E-state index in [-0.39, 0.29) is 57.3 Å². The topological polar surface area (TPSA) is 71.1 Å². The number of rotatable bonds is 7. The fourth-order valence-electron chi connectivity index (χ4n) is 5.59. The first-order valence-corrected chi connectivity index (χ1v) is 27.4. The van der Waals surface area contributed by atoms with Crippen LogP contribution in [0, 0.1) is 17.3 Å². The predicted octanol–water partition coefficient (Wildman–Crippen LogP) is 11.5. The molecule has 1 unspecified atom stereocenters. The smallest absolute Gasteiger partial charge is 0.308 e. The molecule has 0 aromatic heterocycles. The van der Waals surface area contributed by atoms with Gasteiger partial charge in [0, 0.05) is 17.8 Å². The first-order valence-electron chi connectivity index (χ1n) is 18.7. The van der Waals surface area contributed by atoms with Crippen LogP contribution in [0.15, 0.2) is 12.2 Å². The summed E-state index contributed by atoms with van der Waals surface area (Å²) in [6.45, 7) is 43.7.